The van der Waals surface area contributed by atoms with E-state index in [0.717, 1.165) is 22.3 Å². The van der Waals surface area contributed by atoms with Crippen molar-refractivity contribution in [2.24, 2.45) is 0 Å². The fraction of sp³-hybridized carbons (Fsp3) is 0.278. The molecule has 23 heavy (non-hydrogen) atoms. The molecule has 0 saturated heterocycles. The third kappa shape index (κ3) is 4.31. The van der Waals surface area contributed by atoms with E-state index in [9.17, 15) is 9.36 Å². The maximum Gasteiger partial charge on any atom is 0.367 e. The molecule has 1 atom stereocenters. The molecule has 0 bridgehead atoms. The number of aryl methyl sites for hydroxylation is 3. The standard InChI is InChI=1S/C18H21O4P/c1-5-21-23(20)22-16-8-6-15(7-9-16)18(19)17-13(3)10-12(2)11-14(17)4/h6-11,23H,5H2,1-4H3. The molecule has 0 N–H and O–H groups in total. The maximum absolute atomic E-state index is 12.7. The molecule has 0 spiro atoms. The molecular weight excluding hydrogens is 311 g/mol. The van der Waals surface area contributed by atoms with Crippen molar-refractivity contribution in [3.8, 4) is 5.75 Å². The Bertz CT molecular complexity index is 712. The summed E-state index contributed by atoms with van der Waals surface area (Å²) < 4.78 is 21.5. The summed E-state index contributed by atoms with van der Waals surface area (Å²) in [5, 5.41) is 0. The lowest BCUT2D eigenvalue weighted by Crippen LogP contribution is -2.06. The third-order valence-corrected chi connectivity index (χ3v) is 4.41. The van der Waals surface area contributed by atoms with Crippen LogP contribution < -0.4 is 4.52 Å². The zero-order valence-electron chi connectivity index (χ0n) is 13.8. The molecule has 0 aliphatic carbocycles. The summed E-state index contributed by atoms with van der Waals surface area (Å²) in [5.41, 5.74) is 4.38. The minimum absolute atomic E-state index is 0.0241. The molecule has 1 unspecified atom stereocenters. The Balaban J connectivity index is 2.23. The summed E-state index contributed by atoms with van der Waals surface area (Å²) in [4.78, 5) is 12.7. The fourth-order valence-corrected chi connectivity index (χ4v) is 3.22. The highest BCUT2D eigenvalue weighted by molar-refractivity contribution is 7.33. The number of carbonyl (C=O) groups is 1. The van der Waals surface area contributed by atoms with E-state index in [1.807, 2.05) is 32.9 Å². The lowest BCUT2D eigenvalue weighted by atomic mass is 9.93. The topological polar surface area (TPSA) is 52.6 Å². The molecule has 0 aromatic heterocycles. The third-order valence-electron chi connectivity index (χ3n) is 3.48. The van der Waals surface area contributed by atoms with E-state index in [0.29, 0.717) is 17.9 Å². The minimum atomic E-state index is -2.53. The summed E-state index contributed by atoms with van der Waals surface area (Å²) in [6, 6.07) is 10.6. The van der Waals surface area contributed by atoms with E-state index >= 15 is 0 Å². The van der Waals surface area contributed by atoms with Gasteiger partial charge in [0, 0.05) is 11.1 Å². The van der Waals surface area contributed by atoms with Gasteiger partial charge in [-0.25, -0.2) is 4.57 Å². The first kappa shape index (κ1) is 17.5. The van der Waals surface area contributed by atoms with Gasteiger partial charge in [-0.3, -0.25) is 4.79 Å². The van der Waals surface area contributed by atoms with Crippen LogP contribution in [0.15, 0.2) is 36.4 Å². The maximum atomic E-state index is 12.7. The molecule has 0 saturated carbocycles. The van der Waals surface area contributed by atoms with Gasteiger partial charge in [0.2, 0.25) is 0 Å². The Morgan fingerprint density at radius 1 is 1.04 bits per heavy atom. The number of hydrogen-bond acceptors (Lipinski definition) is 4. The van der Waals surface area contributed by atoms with Crippen molar-refractivity contribution in [2.75, 3.05) is 6.61 Å². The van der Waals surface area contributed by atoms with Gasteiger partial charge in [-0.1, -0.05) is 17.7 Å². The van der Waals surface area contributed by atoms with E-state index in [1.165, 1.54) is 0 Å². The number of carbonyl (C=O) groups excluding carboxylic acids is 1. The van der Waals surface area contributed by atoms with Crippen molar-refractivity contribution < 1.29 is 18.4 Å². The van der Waals surface area contributed by atoms with Crippen LogP contribution in [0, 0.1) is 20.8 Å². The average Bonchev–Trinajstić information content (AvgIpc) is 2.47. The zero-order chi connectivity index (χ0) is 17.0. The number of ketones is 1. The first-order chi connectivity index (χ1) is 10.9. The van der Waals surface area contributed by atoms with Crippen LogP contribution in [0.25, 0.3) is 0 Å². The minimum Gasteiger partial charge on any atom is -0.426 e. The van der Waals surface area contributed by atoms with Crippen molar-refractivity contribution in [1.29, 1.82) is 0 Å². The van der Waals surface area contributed by atoms with Crippen molar-refractivity contribution in [2.45, 2.75) is 27.7 Å². The van der Waals surface area contributed by atoms with Crippen LogP contribution in [-0.4, -0.2) is 12.4 Å². The van der Waals surface area contributed by atoms with E-state index in [4.69, 9.17) is 9.05 Å². The number of rotatable bonds is 6. The van der Waals surface area contributed by atoms with Gasteiger partial charge in [0.05, 0.1) is 6.61 Å². The molecule has 0 fully saturated rings. The lowest BCUT2D eigenvalue weighted by Gasteiger charge is -2.11. The second-order valence-electron chi connectivity index (χ2n) is 5.41. The summed E-state index contributed by atoms with van der Waals surface area (Å²) in [6.07, 6.45) is 0. The average molecular weight is 332 g/mol. The molecule has 2 aromatic rings. The van der Waals surface area contributed by atoms with Crippen LogP contribution in [-0.2, 0) is 9.09 Å². The van der Waals surface area contributed by atoms with Gasteiger partial charge in [0.15, 0.2) is 5.78 Å². The number of hydrogen-bond donors (Lipinski definition) is 0. The summed E-state index contributed by atoms with van der Waals surface area (Å²) in [7, 11) is -2.53. The van der Waals surface area contributed by atoms with Crippen LogP contribution in [0.2, 0.25) is 0 Å². The Labute approximate surface area is 137 Å². The molecule has 5 heteroatoms. The number of benzene rings is 2. The second-order valence-corrected chi connectivity index (χ2v) is 6.41. The Kier molecular flexibility index (Phi) is 5.75. The second kappa shape index (κ2) is 7.58. The highest BCUT2D eigenvalue weighted by Crippen LogP contribution is 2.28. The first-order valence-electron chi connectivity index (χ1n) is 7.49. The van der Waals surface area contributed by atoms with Crippen molar-refractivity contribution in [3.05, 3.63) is 64.2 Å². The molecule has 2 rings (SSSR count). The Hall–Kier alpha value is -1.90. The van der Waals surface area contributed by atoms with Crippen LogP contribution in [0.5, 0.6) is 5.75 Å². The molecular formula is C18H21O4P. The van der Waals surface area contributed by atoms with Crippen molar-refractivity contribution in [3.63, 3.8) is 0 Å². The van der Waals surface area contributed by atoms with Crippen molar-refractivity contribution >= 4 is 14.0 Å². The highest BCUT2D eigenvalue weighted by Gasteiger charge is 2.15. The normalized spacial score (nSPS) is 12.0. The van der Waals surface area contributed by atoms with Crippen molar-refractivity contribution in [1.82, 2.24) is 0 Å². The first-order valence-corrected chi connectivity index (χ1v) is 8.72. The van der Waals surface area contributed by atoms with E-state index in [2.05, 4.69) is 0 Å². The monoisotopic (exact) mass is 332 g/mol. The summed E-state index contributed by atoms with van der Waals surface area (Å²) in [5.74, 6) is 0.403. The highest BCUT2D eigenvalue weighted by atomic mass is 31.1. The Morgan fingerprint density at radius 3 is 2.13 bits per heavy atom. The van der Waals surface area contributed by atoms with Gasteiger partial charge in [-0.2, -0.15) is 0 Å². The Morgan fingerprint density at radius 2 is 1.61 bits per heavy atom. The molecule has 0 radical (unpaired) electrons. The van der Waals surface area contributed by atoms with Crippen LogP contribution in [0.3, 0.4) is 0 Å². The molecule has 4 nitrogen and oxygen atoms in total. The summed E-state index contributed by atoms with van der Waals surface area (Å²) >= 11 is 0. The molecule has 0 heterocycles. The molecule has 0 aliphatic heterocycles. The SMILES string of the molecule is CCO[PH](=O)Oc1ccc(C(=O)c2c(C)cc(C)cc2C)cc1. The lowest BCUT2D eigenvalue weighted by molar-refractivity contribution is 0.103. The smallest absolute Gasteiger partial charge is 0.367 e. The van der Waals surface area contributed by atoms with Gasteiger partial charge in [-0.15, -0.1) is 0 Å². The van der Waals surface area contributed by atoms with E-state index in [1.54, 1.807) is 31.2 Å². The van der Waals surface area contributed by atoms with Crippen LogP contribution in [0.4, 0.5) is 0 Å². The predicted octanol–water partition coefficient (Wildman–Crippen LogP) is 4.65. The molecule has 0 aliphatic rings. The van der Waals surface area contributed by atoms with Gasteiger partial charge in [0.25, 0.3) is 0 Å². The van der Waals surface area contributed by atoms with Crippen LogP contribution >= 0.6 is 8.25 Å². The van der Waals surface area contributed by atoms with Gasteiger partial charge in [-0.05, 0) is 63.1 Å². The van der Waals surface area contributed by atoms with Gasteiger partial charge in [0.1, 0.15) is 5.75 Å². The molecule has 2 aromatic carbocycles. The van der Waals surface area contributed by atoms with E-state index < -0.39 is 8.25 Å². The summed E-state index contributed by atoms with van der Waals surface area (Å²) in [6.45, 7) is 7.99. The van der Waals surface area contributed by atoms with Gasteiger partial charge >= 0.3 is 8.25 Å². The zero-order valence-corrected chi connectivity index (χ0v) is 14.8. The van der Waals surface area contributed by atoms with E-state index in [-0.39, 0.29) is 5.78 Å². The largest absolute Gasteiger partial charge is 0.426 e. The van der Waals surface area contributed by atoms with Gasteiger partial charge < -0.3 is 9.05 Å². The fourth-order valence-electron chi connectivity index (χ4n) is 2.60. The molecule has 0 amide bonds. The predicted molar refractivity (Wildman–Crippen MR) is 91.8 cm³/mol. The molecule has 122 valence electrons. The van der Waals surface area contributed by atoms with Crippen LogP contribution in [0.1, 0.15) is 39.5 Å². The quantitative estimate of drug-likeness (QED) is 0.571.